The van der Waals surface area contributed by atoms with E-state index >= 15 is 0 Å². The van der Waals surface area contributed by atoms with Crippen LogP contribution in [0.25, 0.3) is 0 Å². The molecule has 1 aromatic carbocycles. The average Bonchev–Trinajstić information content (AvgIpc) is 2.89. The van der Waals surface area contributed by atoms with E-state index in [0.717, 1.165) is 19.4 Å². The van der Waals surface area contributed by atoms with Crippen LogP contribution in [0.2, 0.25) is 0 Å². The van der Waals surface area contributed by atoms with Gasteiger partial charge in [-0.05, 0) is 57.5 Å². The smallest absolute Gasteiger partial charge is 0.243 e. The van der Waals surface area contributed by atoms with E-state index in [-0.39, 0.29) is 17.0 Å². The van der Waals surface area contributed by atoms with E-state index in [1.54, 1.807) is 0 Å². The van der Waals surface area contributed by atoms with Crippen molar-refractivity contribution in [3.63, 3.8) is 0 Å². The lowest BCUT2D eigenvalue weighted by molar-refractivity contribution is 0.322. The molecule has 1 unspecified atom stereocenters. The Morgan fingerprint density at radius 2 is 2.00 bits per heavy atom. The zero-order chi connectivity index (χ0) is 14.8. The van der Waals surface area contributed by atoms with E-state index in [9.17, 15) is 12.8 Å². The topological polar surface area (TPSA) is 49.4 Å². The molecular formula is C14H21FN2O2S. The third-order valence-electron chi connectivity index (χ3n) is 3.56. The van der Waals surface area contributed by atoms with Crippen molar-refractivity contribution in [1.82, 2.24) is 9.62 Å². The predicted octanol–water partition coefficient (Wildman–Crippen LogP) is 1.98. The van der Waals surface area contributed by atoms with Crippen LogP contribution in [0, 0.1) is 5.82 Å². The molecule has 6 heteroatoms. The van der Waals surface area contributed by atoms with Gasteiger partial charge in [0.25, 0.3) is 0 Å². The standard InChI is InChI=1S/C14H21FN2O2S/c1-11(2)17(10-13-4-3-9-16-13)20(18,19)14-7-5-12(15)6-8-14/h5-8,11,13,16H,3-4,9-10H2,1-2H3. The van der Waals surface area contributed by atoms with Gasteiger partial charge in [-0.2, -0.15) is 4.31 Å². The van der Waals surface area contributed by atoms with Crippen LogP contribution in [0.4, 0.5) is 4.39 Å². The van der Waals surface area contributed by atoms with Crippen molar-refractivity contribution in [2.45, 2.75) is 43.7 Å². The van der Waals surface area contributed by atoms with Gasteiger partial charge in [0.05, 0.1) is 4.90 Å². The first kappa shape index (κ1) is 15.4. The van der Waals surface area contributed by atoms with Gasteiger partial charge in [-0.1, -0.05) is 0 Å². The van der Waals surface area contributed by atoms with Crippen LogP contribution >= 0.6 is 0 Å². The van der Waals surface area contributed by atoms with Gasteiger partial charge in [-0.25, -0.2) is 12.8 Å². The summed E-state index contributed by atoms with van der Waals surface area (Å²) in [6.07, 6.45) is 2.06. The number of hydrogen-bond donors (Lipinski definition) is 1. The second-order valence-corrected chi connectivity index (χ2v) is 7.31. The molecule has 1 heterocycles. The largest absolute Gasteiger partial charge is 0.313 e. The van der Waals surface area contributed by atoms with Gasteiger partial charge >= 0.3 is 0 Å². The van der Waals surface area contributed by atoms with Gasteiger partial charge in [0.2, 0.25) is 10.0 Å². The predicted molar refractivity (Wildman–Crippen MR) is 76.5 cm³/mol. The zero-order valence-electron chi connectivity index (χ0n) is 11.8. The van der Waals surface area contributed by atoms with Crippen molar-refractivity contribution < 1.29 is 12.8 Å². The van der Waals surface area contributed by atoms with Gasteiger partial charge in [0.1, 0.15) is 5.82 Å². The first-order valence-corrected chi connectivity index (χ1v) is 8.36. The van der Waals surface area contributed by atoms with Gasteiger partial charge in [0, 0.05) is 18.6 Å². The first-order valence-electron chi connectivity index (χ1n) is 6.92. The summed E-state index contributed by atoms with van der Waals surface area (Å²) in [6.45, 7) is 5.11. The van der Waals surface area contributed by atoms with Crippen molar-refractivity contribution in [1.29, 1.82) is 0 Å². The Morgan fingerprint density at radius 3 is 2.50 bits per heavy atom. The highest BCUT2D eigenvalue weighted by molar-refractivity contribution is 7.89. The molecule has 0 spiro atoms. The Morgan fingerprint density at radius 1 is 1.35 bits per heavy atom. The maximum Gasteiger partial charge on any atom is 0.243 e. The summed E-state index contributed by atoms with van der Waals surface area (Å²) in [5, 5.41) is 3.31. The second kappa shape index (κ2) is 6.20. The summed E-state index contributed by atoms with van der Waals surface area (Å²) in [6, 6.07) is 5.07. The fraction of sp³-hybridized carbons (Fsp3) is 0.571. The van der Waals surface area contributed by atoms with Crippen molar-refractivity contribution in [2.24, 2.45) is 0 Å². The molecule has 2 rings (SSSR count). The van der Waals surface area contributed by atoms with Crippen LogP contribution in [0.1, 0.15) is 26.7 Å². The number of nitrogens with zero attached hydrogens (tertiary/aromatic N) is 1. The number of rotatable bonds is 5. The molecule has 1 N–H and O–H groups in total. The maximum atomic E-state index is 12.9. The Hall–Kier alpha value is -0.980. The molecule has 112 valence electrons. The van der Waals surface area contributed by atoms with Crippen molar-refractivity contribution in [3.8, 4) is 0 Å². The van der Waals surface area contributed by atoms with Gasteiger partial charge in [-0.3, -0.25) is 0 Å². The van der Waals surface area contributed by atoms with E-state index < -0.39 is 15.8 Å². The summed E-state index contributed by atoms with van der Waals surface area (Å²) in [5.74, 6) is -0.433. The molecular weight excluding hydrogens is 279 g/mol. The molecule has 1 atom stereocenters. The molecule has 0 bridgehead atoms. The lowest BCUT2D eigenvalue weighted by Crippen LogP contribution is -2.44. The van der Waals surface area contributed by atoms with Crippen LogP contribution in [-0.2, 0) is 10.0 Å². The lowest BCUT2D eigenvalue weighted by atomic mass is 10.2. The molecule has 0 amide bonds. The lowest BCUT2D eigenvalue weighted by Gasteiger charge is -2.28. The Bertz CT molecular complexity index is 537. The van der Waals surface area contributed by atoms with Gasteiger partial charge < -0.3 is 5.32 Å². The Balaban J connectivity index is 2.24. The minimum absolute atomic E-state index is 0.132. The number of nitrogens with one attached hydrogen (secondary N) is 1. The van der Waals surface area contributed by atoms with Crippen molar-refractivity contribution in [3.05, 3.63) is 30.1 Å². The number of sulfonamides is 1. The molecule has 1 saturated heterocycles. The maximum absolute atomic E-state index is 12.9. The monoisotopic (exact) mass is 300 g/mol. The molecule has 1 aliphatic heterocycles. The summed E-state index contributed by atoms with van der Waals surface area (Å²) in [7, 11) is -3.58. The third kappa shape index (κ3) is 3.37. The molecule has 0 radical (unpaired) electrons. The molecule has 1 fully saturated rings. The van der Waals surface area contributed by atoms with Crippen LogP contribution < -0.4 is 5.32 Å². The molecule has 0 aromatic heterocycles. The quantitative estimate of drug-likeness (QED) is 0.904. The van der Waals surface area contributed by atoms with Crippen LogP contribution in [0.15, 0.2) is 29.2 Å². The number of hydrogen-bond acceptors (Lipinski definition) is 3. The van der Waals surface area contributed by atoms with E-state index in [4.69, 9.17) is 0 Å². The van der Waals surface area contributed by atoms with Crippen LogP contribution in [-0.4, -0.2) is 37.9 Å². The van der Waals surface area contributed by atoms with Crippen molar-refractivity contribution >= 4 is 10.0 Å². The van der Waals surface area contributed by atoms with Crippen LogP contribution in [0.5, 0.6) is 0 Å². The van der Waals surface area contributed by atoms with Crippen molar-refractivity contribution in [2.75, 3.05) is 13.1 Å². The summed E-state index contributed by atoms with van der Waals surface area (Å²) >= 11 is 0. The van der Waals surface area contributed by atoms with E-state index in [1.807, 2.05) is 13.8 Å². The third-order valence-corrected chi connectivity index (χ3v) is 5.61. The highest BCUT2D eigenvalue weighted by Gasteiger charge is 2.30. The Labute approximate surface area is 120 Å². The normalized spacial score (nSPS) is 19.9. The molecule has 4 nitrogen and oxygen atoms in total. The molecule has 1 aliphatic rings. The average molecular weight is 300 g/mol. The summed E-state index contributed by atoms with van der Waals surface area (Å²) in [5.41, 5.74) is 0. The molecule has 0 aliphatic carbocycles. The van der Waals surface area contributed by atoms with Crippen LogP contribution in [0.3, 0.4) is 0 Å². The fourth-order valence-corrected chi connectivity index (χ4v) is 4.14. The second-order valence-electron chi connectivity index (χ2n) is 5.42. The first-order chi connectivity index (χ1) is 9.41. The summed E-state index contributed by atoms with van der Waals surface area (Å²) < 4.78 is 39.7. The molecule has 1 aromatic rings. The van der Waals surface area contributed by atoms with E-state index in [2.05, 4.69) is 5.32 Å². The minimum atomic E-state index is -3.58. The fourth-order valence-electron chi connectivity index (χ4n) is 2.46. The van der Waals surface area contributed by atoms with E-state index in [0.29, 0.717) is 6.54 Å². The summed E-state index contributed by atoms with van der Waals surface area (Å²) in [4.78, 5) is 0.144. The van der Waals surface area contributed by atoms with E-state index in [1.165, 1.54) is 28.6 Å². The minimum Gasteiger partial charge on any atom is -0.313 e. The number of benzene rings is 1. The highest BCUT2D eigenvalue weighted by atomic mass is 32.2. The Kier molecular flexibility index (Phi) is 4.78. The molecule has 20 heavy (non-hydrogen) atoms. The highest BCUT2D eigenvalue weighted by Crippen LogP contribution is 2.20. The van der Waals surface area contributed by atoms with Gasteiger partial charge in [-0.15, -0.1) is 0 Å². The zero-order valence-corrected chi connectivity index (χ0v) is 12.7. The SMILES string of the molecule is CC(C)N(CC1CCCN1)S(=O)(=O)c1ccc(F)cc1. The molecule has 0 saturated carbocycles. The van der Waals surface area contributed by atoms with Gasteiger partial charge in [0.15, 0.2) is 0 Å². The number of halogens is 1.